The molecule has 0 spiro atoms. The third kappa shape index (κ3) is 2.95. The van der Waals surface area contributed by atoms with Gasteiger partial charge in [0.05, 0.1) is 12.2 Å². The van der Waals surface area contributed by atoms with E-state index in [-0.39, 0.29) is 24.7 Å². The molecule has 118 valence electrons. The van der Waals surface area contributed by atoms with E-state index in [1.165, 1.54) is 16.0 Å². The van der Waals surface area contributed by atoms with Crippen molar-refractivity contribution in [2.45, 2.75) is 32.6 Å². The molecular weight excluding hydrogens is 306 g/mol. The molecule has 0 radical (unpaired) electrons. The molecule has 0 saturated carbocycles. The second-order valence-electron chi connectivity index (χ2n) is 5.34. The molecule has 0 unspecified atom stereocenters. The molecule has 22 heavy (non-hydrogen) atoms. The first-order valence-corrected chi connectivity index (χ1v) is 7.92. The molecule has 1 aliphatic heterocycles. The Hall–Kier alpha value is -2.00. The van der Waals surface area contributed by atoms with Crippen molar-refractivity contribution >= 4 is 17.2 Å². The number of rotatable bonds is 3. The van der Waals surface area contributed by atoms with E-state index in [1.807, 2.05) is 25.3 Å². The topological polar surface area (TPSA) is 82.3 Å². The second kappa shape index (κ2) is 6.01. The molecule has 2 aromatic heterocycles. The van der Waals surface area contributed by atoms with E-state index >= 15 is 0 Å². The summed E-state index contributed by atoms with van der Waals surface area (Å²) in [6, 6.07) is 3.60. The molecule has 2 aromatic rings. The predicted molar refractivity (Wildman–Crippen MR) is 80.1 cm³/mol. The smallest absolute Gasteiger partial charge is 0.369 e. The van der Waals surface area contributed by atoms with Crippen molar-refractivity contribution in [1.82, 2.24) is 24.7 Å². The minimum absolute atomic E-state index is 0.00813. The van der Waals surface area contributed by atoms with Gasteiger partial charge in [-0.2, -0.15) is 9.36 Å². The maximum Gasteiger partial charge on any atom is 0.369 e. The van der Waals surface area contributed by atoms with Gasteiger partial charge in [-0.1, -0.05) is 0 Å². The molecule has 1 fully saturated rings. The standard InChI is InChI=1S/C13H17N5O3S/c1-9-6-16(7-10(2)21-9)11(19)8-17-13(20)18(15-14-17)12-4-3-5-22-12/h3-5,9-10H,6-8H2,1-2H3/t9-,10-/m1/s1. The number of aromatic nitrogens is 4. The number of hydrogen-bond acceptors (Lipinski definition) is 6. The fourth-order valence-corrected chi connectivity index (χ4v) is 3.18. The highest BCUT2D eigenvalue weighted by atomic mass is 32.1. The lowest BCUT2D eigenvalue weighted by Crippen LogP contribution is -2.49. The van der Waals surface area contributed by atoms with Crippen molar-refractivity contribution in [3.05, 3.63) is 28.0 Å². The van der Waals surface area contributed by atoms with Crippen LogP contribution in [-0.2, 0) is 16.1 Å². The zero-order chi connectivity index (χ0) is 15.7. The molecule has 3 rings (SSSR count). The van der Waals surface area contributed by atoms with E-state index in [0.29, 0.717) is 18.1 Å². The van der Waals surface area contributed by atoms with E-state index < -0.39 is 5.69 Å². The van der Waals surface area contributed by atoms with Gasteiger partial charge in [-0.05, 0) is 41.8 Å². The van der Waals surface area contributed by atoms with Crippen LogP contribution in [0.2, 0.25) is 0 Å². The van der Waals surface area contributed by atoms with Crippen LogP contribution in [-0.4, -0.2) is 55.9 Å². The van der Waals surface area contributed by atoms with Crippen LogP contribution in [0, 0.1) is 0 Å². The molecule has 3 heterocycles. The van der Waals surface area contributed by atoms with Crippen LogP contribution >= 0.6 is 11.3 Å². The predicted octanol–water partition coefficient (Wildman–Crippen LogP) is 0.126. The van der Waals surface area contributed by atoms with Crippen LogP contribution in [0.25, 0.3) is 5.00 Å². The number of nitrogens with zero attached hydrogens (tertiary/aromatic N) is 5. The summed E-state index contributed by atoms with van der Waals surface area (Å²) in [7, 11) is 0. The average molecular weight is 323 g/mol. The van der Waals surface area contributed by atoms with E-state index in [1.54, 1.807) is 11.0 Å². The van der Waals surface area contributed by atoms with Crippen molar-refractivity contribution in [2.24, 2.45) is 0 Å². The number of amides is 1. The van der Waals surface area contributed by atoms with Gasteiger partial charge < -0.3 is 9.64 Å². The molecule has 0 N–H and O–H groups in total. The van der Waals surface area contributed by atoms with Gasteiger partial charge >= 0.3 is 5.69 Å². The van der Waals surface area contributed by atoms with Crippen molar-refractivity contribution in [3.63, 3.8) is 0 Å². The van der Waals surface area contributed by atoms with Gasteiger partial charge in [0.15, 0.2) is 0 Å². The first-order valence-electron chi connectivity index (χ1n) is 7.04. The number of thiophene rings is 1. The average Bonchev–Trinajstić information content (AvgIpc) is 3.08. The monoisotopic (exact) mass is 323 g/mol. The van der Waals surface area contributed by atoms with Crippen LogP contribution in [0.1, 0.15) is 13.8 Å². The molecule has 1 saturated heterocycles. The summed E-state index contributed by atoms with van der Waals surface area (Å²) in [6.07, 6.45) is -0.0163. The van der Waals surface area contributed by atoms with Crippen LogP contribution in [0.15, 0.2) is 22.3 Å². The summed E-state index contributed by atoms with van der Waals surface area (Å²) in [4.78, 5) is 26.3. The lowest BCUT2D eigenvalue weighted by atomic mass is 10.2. The van der Waals surface area contributed by atoms with E-state index in [9.17, 15) is 9.59 Å². The minimum Gasteiger partial charge on any atom is -0.372 e. The largest absolute Gasteiger partial charge is 0.372 e. The lowest BCUT2D eigenvalue weighted by Gasteiger charge is -2.35. The van der Waals surface area contributed by atoms with Crippen molar-refractivity contribution in [1.29, 1.82) is 0 Å². The Bertz CT molecular complexity index is 698. The van der Waals surface area contributed by atoms with Gasteiger partial charge in [-0.15, -0.1) is 11.3 Å². The molecule has 0 aromatic carbocycles. The fraction of sp³-hybridized carbons (Fsp3) is 0.538. The van der Waals surface area contributed by atoms with Crippen molar-refractivity contribution in [2.75, 3.05) is 13.1 Å². The number of ether oxygens (including phenoxy) is 1. The highest BCUT2D eigenvalue weighted by molar-refractivity contribution is 7.12. The molecule has 2 atom stereocenters. The lowest BCUT2D eigenvalue weighted by molar-refractivity contribution is -0.144. The van der Waals surface area contributed by atoms with Crippen LogP contribution in [0.4, 0.5) is 0 Å². The number of carbonyl (C=O) groups excluding carboxylic acids is 1. The zero-order valence-corrected chi connectivity index (χ0v) is 13.2. The van der Waals surface area contributed by atoms with Crippen LogP contribution in [0.5, 0.6) is 0 Å². The maximum atomic E-state index is 12.3. The van der Waals surface area contributed by atoms with E-state index in [4.69, 9.17) is 4.74 Å². The van der Waals surface area contributed by atoms with Crippen LogP contribution < -0.4 is 5.69 Å². The number of hydrogen-bond donors (Lipinski definition) is 0. The first-order chi connectivity index (χ1) is 10.5. The maximum absolute atomic E-state index is 12.3. The Morgan fingerprint density at radius 1 is 1.36 bits per heavy atom. The third-order valence-electron chi connectivity index (χ3n) is 3.41. The summed E-state index contributed by atoms with van der Waals surface area (Å²) < 4.78 is 7.89. The Labute approximate surface area is 130 Å². The Kier molecular flexibility index (Phi) is 4.08. The zero-order valence-electron chi connectivity index (χ0n) is 12.4. The Morgan fingerprint density at radius 2 is 2.09 bits per heavy atom. The number of tetrazole rings is 1. The molecule has 0 bridgehead atoms. The van der Waals surface area contributed by atoms with Gasteiger partial charge in [-0.3, -0.25) is 4.79 Å². The Morgan fingerprint density at radius 3 is 2.73 bits per heavy atom. The van der Waals surface area contributed by atoms with Crippen molar-refractivity contribution < 1.29 is 9.53 Å². The molecular formula is C13H17N5O3S. The molecule has 0 aliphatic carbocycles. The van der Waals surface area contributed by atoms with Gasteiger partial charge in [0, 0.05) is 13.1 Å². The second-order valence-corrected chi connectivity index (χ2v) is 6.26. The highest BCUT2D eigenvalue weighted by Gasteiger charge is 2.26. The van der Waals surface area contributed by atoms with Crippen LogP contribution in [0.3, 0.4) is 0 Å². The molecule has 8 nitrogen and oxygen atoms in total. The summed E-state index contributed by atoms with van der Waals surface area (Å²) >= 11 is 1.39. The third-order valence-corrected chi connectivity index (χ3v) is 4.26. The quantitative estimate of drug-likeness (QED) is 0.802. The van der Waals surface area contributed by atoms with Gasteiger partial charge in [-0.25, -0.2) is 4.79 Å². The summed E-state index contributed by atoms with van der Waals surface area (Å²) in [5.41, 5.74) is -0.412. The fourth-order valence-electron chi connectivity index (χ4n) is 2.51. The van der Waals surface area contributed by atoms with Gasteiger partial charge in [0.25, 0.3) is 0 Å². The van der Waals surface area contributed by atoms with E-state index in [2.05, 4.69) is 10.4 Å². The summed E-state index contributed by atoms with van der Waals surface area (Å²) in [5, 5.41) is 10.1. The summed E-state index contributed by atoms with van der Waals surface area (Å²) in [5.74, 6) is -0.151. The Balaban J connectivity index is 1.74. The number of carbonyl (C=O) groups is 1. The summed E-state index contributed by atoms with van der Waals surface area (Å²) in [6.45, 7) is 4.79. The first kappa shape index (κ1) is 14.9. The minimum atomic E-state index is -0.412. The number of morpholine rings is 1. The van der Waals surface area contributed by atoms with E-state index in [0.717, 1.165) is 4.68 Å². The SMILES string of the molecule is C[C@@H]1CN(C(=O)Cn2nnn(-c3cccs3)c2=O)C[C@@H](C)O1. The molecule has 1 aliphatic rings. The van der Waals surface area contributed by atoms with Gasteiger partial charge in [0.2, 0.25) is 5.91 Å². The van der Waals surface area contributed by atoms with Crippen molar-refractivity contribution in [3.8, 4) is 5.00 Å². The normalized spacial score (nSPS) is 22.0. The molecule has 9 heteroatoms. The van der Waals surface area contributed by atoms with Gasteiger partial charge in [0.1, 0.15) is 11.5 Å². The molecule has 1 amide bonds. The highest BCUT2D eigenvalue weighted by Crippen LogP contribution is 2.12.